The fraction of sp³-hybridized carbons (Fsp3) is 0.345. The Balaban J connectivity index is 1.24. The molecular weight excluding hydrogens is 508 g/mol. The summed E-state index contributed by atoms with van der Waals surface area (Å²) >= 11 is 0. The molecule has 1 fully saturated rings. The number of allylic oxidation sites excluding steroid dienone is 1. The lowest BCUT2D eigenvalue weighted by Crippen LogP contribution is -2.40. The first-order valence-corrected chi connectivity index (χ1v) is 13.7. The summed E-state index contributed by atoms with van der Waals surface area (Å²) in [5.74, 6) is 1.72. The van der Waals surface area contributed by atoms with Crippen LogP contribution < -0.4 is 20.5 Å². The van der Waals surface area contributed by atoms with Crippen LogP contribution in [0.15, 0.2) is 53.5 Å². The molecule has 1 aromatic carbocycles. The predicted molar refractivity (Wildman–Crippen MR) is 149 cm³/mol. The molecule has 0 saturated heterocycles. The zero-order chi connectivity index (χ0) is 27.0. The van der Waals surface area contributed by atoms with Crippen LogP contribution in [0.3, 0.4) is 0 Å². The fourth-order valence-electron chi connectivity index (χ4n) is 6.34. The van der Waals surface area contributed by atoms with Crippen LogP contribution in [0.1, 0.15) is 30.4 Å². The second-order valence-electron chi connectivity index (χ2n) is 11.2. The molecule has 1 amide bonds. The molecule has 40 heavy (non-hydrogen) atoms. The first-order valence-electron chi connectivity index (χ1n) is 13.7. The average molecular weight is 537 g/mol. The smallest absolute Gasteiger partial charge is 0.278 e. The van der Waals surface area contributed by atoms with E-state index in [9.17, 15) is 9.59 Å². The maximum atomic E-state index is 13.5. The minimum atomic E-state index is -0.206. The van der Waals surface area contributed by atoms with Gasteiger partial charge in [0.25, 0.3) is 11.5 Å². The molecule has 0 unspecified atom stereocenters. The van der Waals surface area contributed by atoms with Gasteiger partial charge in [0.1, 0.15) is 5.39 Å². The summed E-state index contributed by atoms with van der Waals surface area (Å²) in [5, 5.41) is 3.77. The molecule has 3 aromatic heterocycles. The number of hydrogen-bond acceptors (Lipinski definition) is 8. The van der Waals surface area contributed by atoms with Crippen LogP contribution in [0.4, 0.5) is 17.5 Å². The summed E-state index contributed by atoms with van der Waals surface area (Å²) in [7, 11) is 2.18. The van der Waals surface area contributed by atoms with Crippen LogP contribution in [-0.2, 0) is 23.3 Å². The second kappa shape index (κ2) is 8.49. The van der Waals surface area contributed by atoms with E-state index >= 15 is 0 Å². The molecule has 202 valence electrons. The SMILES string of the molecule is CN1Cc2ccc(Nc3ncc4c(=O)n5n(c4n3)-c3ccc4c(n3)N(CC/C=C/C5)C(=O)CO4)cc2C2(CC2)C1. The molecule has 2 bridgehead atoms. The van der Waals surface area contributed by atoms with Crippen LogP contribution in [0.2, 0.25) is 0 Å². The largest absolute Gasteiger partial charge is 0.480 e. The highest BCUT2D eigenvalue weighted by atomic mass is 16.5. The minimum absolute atomic E-state index is 0.0162. The maximum Gasteiger partial charge on any atom is 0.278 e. The molecule has 1 N–H and O–H groups in total. The molecule has 0 radical (unpaired) electrons. The number of amides is 1. The summed E-state index contributed by atoms with van der Waals surface area (Å²) in [4.78, 5) is 44.3. The number of nitrogens with one attached hydrogen (secondary N) is 1. The van der Waals surface area contributed by atoms with E-state index in [1.165, 1.54) is 24.0 Å². The lowest BCUT2D eigenvalue weighted by atomic mass is 9.87. The molecule has 11 nitrogen and oxygen atoms in total. The van der Waals surface area contributed by atoms with Gasteiger partial charge in [-0.25, -0.2) is 19.3 Å². The Bertz CT molecular complexity index is 1800. The molecular formula is C29H28N8O3. The molecule has 1 aliphatic carbocycles. The van der Waals surface area contributed by atoms with E-state index in [-0.39, 0.29) is 23.5 Å². The van der Waals surface area contributed by atoms with Gasteiger partial charge in [-0.1, -0.05) is 18.2 Å². The van der Waals surface area contributed by atoms with Crippen molar-refractivity contribution < 1.29 is 9.53 Å². The van der Waals surface area contributed by atoms with E-state index in [0.717, 1.165) is 18.8 Å². The van der Waals surface area contributed by atoms with Gasteiger partial charge in [0.2, 0.25) is 5.95 Å². The van der Waals surface area contributed by atoms with Gasteiger partial charge in [-0.15, -0.1) is 0 Å². The quantitative estimate of drug-likeness (QED) is 0.390. The predicted octanol–water partition coefficient (Wildman–Crippen LogP) is 2.88. The Morgan fingerprint density at radius 1 is 1.07 bits per heavy atom. The molecule has 1 spiro atoms. The number of aromatic nitrogens is 5. The minimum Gasteiger partial charge on any atom is -0.480 e. The third-order valence-electron chi connectivity index (χ3n) is 8.39. The van der Waals surface area contributed by atoms with Crippen molar-refractivity contribution in [2.75, 3.05) is 37.0 Å². The monoisotopic (exact) mass is 536 g/mol. The van der Waals surface area contributed by atoms with Crippen molar-refractivity contribution in [2.45, 2.75) is 37.8 Å². The number of benzene rings is 1. The van der Waals surface area contributed by atoms with E-state index in [4.69, 9.17) is 14.7 Å². The summed E-state index contributed by atoms with van der Waals surface area (Å²) < 4.78 is 8.94. The Kier molecular flexibility index (Phi) is 4.96. The molecule has 8 rings (SSSR count). The van der Waals surface area contributed by atoms with E-state index in [2.05, 4.69) is 40.4 Å². The highest BCUT2D eigenvalue weighted by Crippen LogP contribution is 2.52. The van der Waals surface area contributed by atoms with Crippen molar-refractivity contribution >= 4 is 34.4 Å². The van der Waals surface area contributed by atoms with E-state index in [0.29, 0.717) is 53.9 Å². The molecule has 11 heteroatoms. The van der Waals surface area contributed by atoms with Crippen molar-refractivity contribution in [3.8, 4) is 11.6 Å². The van der Waals surface area contributed by atoms with Crippen LogP contribution >= 0.6 is 0 Å². The van der Waals surface area contributed by atoms with Gasteiger partial charge in [-0.05, 0) is 61.7 Å². The van der Waals surface area contributed by atoms with E-state index < -0.39 is 0 Å². The highest BCUT2D eigenvalue weighted by Gasteiger charge is 2.48. The summed E-state index contributed by atoms with van der Waals surface area (Å²) in [6, 6.07) is 10.1. The van der Waals surface area contributed by atoms with Gasteiger partial charge in [0.15, 0.2) is 29.6 Å². The van der Waals surface area contributed by atoms with Crippen LogP contribution in [-0.4, -0.2) is 61.9 Å². The Morgan fingerprint density at radius 2 is 1.98 bits per heavy atom. The lowest BCUT2D eigenvalue weighted by molar-refractivity contribution is -0.121. The number of ether oxygens (including phenoxy) is 1. The van der Waals surface area contributed by atoms with E-state index in [1.807, 2.05) is 12.2 Å². The van der Waals surface area contributed by atoms with Gasteiger partial charge >= 0.3 is 0 Å². The standard InChI is InChI=1S/C29H28N8O3/c1-34-15-18-5-6-19(13-21(18)29(17-34)9-10-29)31-28-30-14-20-25(33-28)37-23-8-7-22-26(32-23)35(24(38)16-40-22)11-3-2-4-12-36(37)27(20)39/h2,4-8,13-14H,3,9-12,15-17H2,1H3,(H,30,31,33)/b4-2+. The maximum absolute atomic E-state index is 13.5. The molecule has 6 heterocycles. The summed E-state index contributed by atoms with van der Waals surface area (Å²) in [5.41, 5.74) is 4.21. The van der Waals surface area contributed by atoms with Gasteiger partial charge < -0.3 is 15.0 Å². The van der Waals surface area contributed by atoms with Gasteiger partial charge in [0, 0.05) is 36.9 Å². The lowest BCUT2D eigenvalue weighted by Gasteiger charge is -2.32. The van der Waals surface area contributed by atoms with Crippen molar-refractivity contribution in [1.29, 1.82) is 0 Å². The third kappa shape index (κ3) is 3.57. The molecule has 0 atom stereocenters. The van der Waals surface area contributed by atoms with Gasteiger partial charge in [-0.2, -0.15) is 4.98 Å². The number of carbonyl (C=O) groups is 1. The number of hydrogen-bond donors (Lipinski definition) is 1. The van der Waals surface area contributed by atoms with Crippen molar-refractivity contribution in [3.63, 3.8) is 0 Å². The molecule has 1 saturated carbocycles. The average Bonchev–Trinajstić information content (AvgIpc) is 3.66. The van der Waals surface area contributed by atoms with E-state index in [1.54, 1.807) is 32.6 Å². The van der Waals surface area contributed by atoms with Gasteiger partial charge in [-0.3, -0.25) is 14.5 Å². The first-order chi connectivity index (χ1) is 19.5. The number of pyridine rings is 1. The fourth-order valence-corrected chi connectivity index (χ4v) is 6.34. The Labute approximate surface area is 229 Å². The molecule has 4 aromatic rings. The topological polar surface area (TPSA) is 110 Å². The van der Waals surface area contributed by atoms with Crippen LogP contribution in [0, 0.1) is 0 Å². The Morgan fingerprint density at radius 3 is 2.85 bits per heavy atom. The van der Waals surface area contributed by atoms with Crippen LogP contribution in [0.25, 0.3) is 16.9 Å². The van der Waals surface area contributed by atoms with Crippen molar-refractivity contribution in [2.24, 2.45) is 0 Å². The van der Waals surface area contributed by atoms with Crippen LogP contribution in [0.5, 0.6) is 5.75 Å². The number of anilines is 3. The number of fused-ring (bicyclic) bond motifs is 7. The molecule has 4 aliphatic rings. The second-order valence-corrected chi connectivity index (χ2v) is 11.2. The zero-order valence-corrected chi connectivity index (χ0v) is 22.1. The third-order valence-corrected chi connectivity index (χ3v) is 8.39. The number of likely N-dealkylation sites (N-methyl/N-ethyl adjacent to an activating group) is 1. The van der Waals surface area contributed by atoms with Crippen molar-refractivity contribution in [3.05, 3.63) is 70.2 Å². The summed E-state index contributed by atoms with van der Waals surface area (Å²) in [6.07, 6.45) is 8.55. The van der Waals surface area contributed by atoms with Gasteiger partial charge in [0.05, 0.1) is 6.54 Å². The number of rotatable bonds is 2. The van der Waals surface area contributed by atoms with Crippen molar-refractivity contribution in [1.82, 2.24) is 29.2 Å². The highest BCUT2D eigenvalue weighted by molar-refractivity contribution is 5.96. The number of nitrogens with zero attached hydrogens (tertiary/aromatic N) is 7. The first kappa shape index (κ1) is 23.4. The summed E-state index contributed by atoms with van der Waals surface area (Å²) in [6.45, 7) is 2.85. The number of carbonyl (C=O) groups excluding carboxylic acids is 1. The zero-order valence-electron chi connectivity index (χ0n) is 22.1. The normalized spacial score (nSPS) is 19.9. The Hall–Kier alpha value is -4.51. The molecule has 3 aliphatic heterocycles.